The Balaban J connectivity index is 1.58. The zero-order valence-corrected chi connectivity index (χ0v) is 16.2. The molecule has 2 heterocycles. The Morgan fingerprint density at radius 2 is 2.19 bits per heavy atom. The molecule has 0 bridgehead atoms. The van der Waals surface area contributed by atoms with Gasteiger partial charge in [-0.15, -0.1) is 0 Å². The van der Waals surface area contributed by atoms with Crippen molar-refractivity contribution in [3.63, 3.8) is 0 Å². The van der Waals surface area contributed by atoms with Crippen molar-refractivity contribution in [3.8, 4) is 5.69 Å². The Morgan fingerprint density at radius 3 is 2.81 bits per heavy atom. The molecule has 0 unspecified atom stereocenters. The molecule has 3 rings (SSSR count). The minimum atomic E-state index is -0.393. The third kappa shape index (κ3) is 4.80. The molecule has 1 saturated heterocycles. The number of hydrogen-bond donors (Lipinski definition) is 1. The van der Waals surface area contributed by atoms with Crippen molar-refractivity contribution in [1.29, 1.82) is 0 Å². The topological polar surface area (TPSA) is 50.2 Å². The van der Waals surface area contributed by atoms with Gasteiger partial charge >= 0.3 is 0 Å². The van der Waals surface area contributed by atoms with Crippen LogP contribution in [0.15, 0.2) is 41.1 Å². The fourth-order valence-corrected chi connectivity index (χ4v) is 3.35. The van der Waals surface area contributed by atoms with Gasteiger partial charge in [0.05, 0.1) is 10.7 Å². The number of nitrogens with zero attached hydrogens (tertiary/aromatic N) is 3. The summed E-state index contributed by atoms with van der Waals surface area (Å²) in [4.78, 5) is 14.5. The van der Waals surface area contributed by atoms with E-state index in [0.29, 0.717) is 11.3 Å². The molecular formula is C19H22BrFN4O. The SMILES string of the molecule is CCN1CCC(NC(=O)/C=C/c2ccc(-n3cc(Br)cn3)c(F)c2)CC1. The van der Waals surface area contributed by atoms with E-state index in [1.54, 1.807) is 30.6 Å². The van der Waals surface area contributed by atoms with E-state index in [9.17, 15) is 9.18 Å². The average Bonchev–Trinajstić information content (AvgIpc) is 3.07. The summed E-state index contributed by atoms with van der Waals surface area (Å²) in [6, 6.07) is 5.02. The van der Waals surface area contributed by atoms with E-state index in [0.717, 1.165) is 36.9 Å². The van der Waals surface area contributed by atoms with Crippen molar-refractivity contribution in [2.75, 3.05) is 19.6 Å². The number of aromatic nitrogens is 2. The summed E-state index contributed by atoms with van der Waals surface area (Å²) in [5.41, 5.74) is 0.994. The Hall–Kier alpha value is -1.99. The van der Waals surface area contributed by atoms with Gasteiger partial charge in [0, 0.05) is 31.4 Å². The summed E-state index contributed by atoms with van der Waals surface area (Å²) >= 11 is 3.29. The van der Waals surface area contributed by atoms with Crippen LogP contribution in [-0.2, 0) is 4.79 Å². The number of amides is 1. The molecule has 2 aromatic rings. The highest BCUT2D eigenvalue weighted by Gasteiger charge is 2.18. The fourth-order valence-electron chi connectivity index (χ4n) is 3.06. The van der Waals surface area contributed by atoms with Crippen LogP contribution in [0, 0.1) is 5.82 Å². The normalized spacial score (nSPS) is 16.3. The van der Waals surface area contributed by atoms with Gasteiger partial charge in [-0.2, -0.15) is 5.10 Å². The maximum absolute atomic E-state index is 14.3. The molecular weight excluding hydrogens is 399 g/mol. The molecule has 0 spiro atoms. The molecule has 1 aromatic carbocycles. The van der Waals surface area contributed by atoms with E-state index in [2.05, 4.69) is 38.2 Å². The van der Waals surface area contributed by atoms with E-state index in [1.807, 2.05) is 0 Å². The zero-order valence-electron chi connectivity index (χ0n) is 14.7. The maximum Gasteiger partial charge on any atom is 0.244 e. The standard InChI is InChI=1S/C19H22BrFN4O/c1-2-24-9-7-16(8-10-24)23-19(26)6-4-14-3-5-18(17(21)11-14)25-13-15(20)12-22-25/h3-6,11-13,16H,2,7-10H2,1H3,(H,23,26)/b6-4+. The molecule has 0 radical (unpaired) electrons. The van der Waals surface area contributed by atoms with Gasteiger partial charge in [-0.1, -0.05) is 13.0 Å². The molecule has 1 aromatic heterocycles. The number of likely N-dealkylation sites (tertiary alicyclic amines) is 1. The van der Waals surface area contributed by atoms with E-state index in [4.69, 9.17) is 0 Å². The lowest BCUT2D eigenvalue weighted by atomic mass is 10.1. The fraction of sp³-hybridized carbons (Fsp3) is 0.368. The summed E-state index contributed by atoms with van der Waals surface area (Å²) in [5.74, 6) is -0.532. The van der Waals surface area contributed by atoms with Crippen LogP contribution in [0.25, 0.3) is 11.8 Å². The predicted octanol–water partition coefficient (Wildman–Crippen LogP) is 3.39. The van der Waals surface area contributed by atoms with Crippen LogP contribution in [0.1, 0.15) is 25.3 Å². The first-order valence-corrected chi connectivity index (χ1v) is 9.55. The van der Waals surface area contributed by atoms with E-state index >= 15 is 0 Å². The van der Waals surface area contributed by atoms with Crippen LogP contribution in [0.4, 0.5) is 4.39 Å². The molecule has 0 atom stereocenters. The van der Waals surface area contributed by atoms with E-state index in [-0.39, 0.29) is 11.9 Å². The highest BCUT2D eigenvalue weighted by Crippen LogP contribution is 2.18. The second-order valence-electron chi connectivity index (χ2n) is 6.36. The largest absolute Gasteiger partial charge is 0.350 e. The summed E-state index contributed by atoms with van der Waals surface area (Å²) in [7, 11) is 0. The highest BCUT2D eigenvalue weighted by molar-refractivity contribution is 9.10. The van der Waals surface area contributed by atoms with Gasteiger partial charge in [0.1, 0.15) is 11.5 Å². The minimum Gasteiger partial charge on any atom is -0.350 e. The lowest BCUT2D eigenvalue weighted by molar-refractivity contribution is -0.117. The van der Waals surface area contributed by atoms with Crippen LogP contribution in [0.5, 0.6) is 0 Å². The van der Waals surface area contributed by atoms with Crippen LogP contribution in [0.3, 0.4) is 0 Å². The van der Waals surface area contributed by atoms with E-state index in [1.165, 1.54) is 16.8 Å². The molecule has 1 aliphatic rings. The van der Waals surface area contributed by atoms with Gasteiger partial charge in [0.15, 0.2) is 0 Å². The van der Waals surface area contributed by atoms with Gasteiger partial charge in [0.25, 0.3) is 0 Å². The number of benzene rings is 1. The number of hydrogen-bond acceptors (Lipinski definition) is 3. The number of rotatable bonds is 5. The first-order valence-electron chi connectivity index (χ1n) is 8.76. The summed E-state index contributed by atoms with van der Waals surface area (Å²) in [6.45, 7) is 5.23. The molecule has 1 N–H and O–H groups in total. The van der Waals surface area contributed by atoms with Crippen molar-refractivity contribution in [1.82, 2.24) is 20.0 Å². The average molecular weight is 421 g/mol. The van der Waals surface area contributed by atoms with Gasteiger partial charge in [-0.05, 0) is 59.1 Å². The van der Waals surface area contributed by atoms with Gasteiger partial charge in [0.2, 0.25) is 5.91 Å². The molecule has 0 saturated carbocycles. The summed E-state index contributed by atoms with van der Waals surface area (Å²) in [6.07, 6.45) is 8.31. The number of carbonyl (C=O) groups is 1. The first kappa shape index (κ1) is 18.8. The Labute approximate surface area is 161 Å². The first-order chi connectivity index (χ1) is 12.5. The zero-order chi connectivity index (χ0) is 18.5. The van der Waals surface area contributed by atoms with Crippen molar-refractivity contribution in [2.45, 2.75) is 25.8 Å². The Morgan fingerprint density at radius 1 is 1.42 bits per heavy atom. The molecule has 1 aliphatic heterocycles. The van der Waals surface area contributed by atoms with Gasteiger partial charge < -0.3 is 10.2 Å². The van der Waals surface area contributed by atoms with Crippen molar-refractivity contribution in [2.24, 2.45) is 0 Å². The summed E-state index contributed by atoms with van der Waals surface area (Å²) in [5, 5.41) is 7.09. The maximum atomic E-state index is 14.3. The molecule has 138 valence electrons. The van der Waals surface area contributed by atoms with Crippen molar-refractivity contribution < 1.29 is 9.18 Å². The predicted molar refractivity (Wildman–Crippen MR) is 104 cm³/mol. The monoisotopic (exact) mass is 420 g/mol. The third-order valence-corrected chi connectivity index (χ3v) is 4.99. The third-order valence-electron chi connectivity index (χ3n) is 4.58. The summed E-state index contributed by atoms with van der Waals surface area (Å²) < 4.78 is 16.5. The molecule has 26 heavy (non-hydrogen) atoms. The molecule has 0 aliphatic carbocycles. The van der Waals surface area contributed by atoms with E-state index < -0.39 is 5.82 Å². The quantitative estimate of drug-likeness (QED) is 0.754. The number of carbonyl (C=O) groups excluding carboxylic acids is 1. The highest BCUT2D eigenvalue weighted by atomic mass is 79.9. The molecule has 1 amide bonds. The van der Waals surface area contributed by atoms with Crippen LogP contribution >= 0.6 is 15.9 Å². The van der Waals surface area contributed by atoms with Crippen LogP contribution < -0.4 is 5.32 Å². The van der Waals surface area contributed by atoms with Crippen LogP contribution in [0.2, 0.25) is 0 Å². The molecule has 5 nitrogen and oxygen atoms in total. The lowest BCUT2D eigenvalue weighted by Crippen LogP contribution is -2.44. The number of halogens is 2. The molecule has 1 fully saturated rings. The lowest BCUT2D eigenvalue weighted by Gasteiger charge is -2.31. The Bertz CT molecular complexity index is 797. The Kier molecular flexibility index (Phi) is 6.21. The van der Waals surface area contributed by atoms with Crippen molar-refractivity contribution in [3.05, 3.63) is 52.5 Å². The smallest absolute Gasteiger partial charge is 0.244 e. The second-order valence-corrected chi connectivity index (χ2v) is 7.28. The molecule has 7 heteroatoms. The van der Waals surface area contributed by atoms with Crippen LogP contribution in [-0.4, -0.2) is 46.3 Å². The van der Waals surface area contributed by atoms with Gasteiger partial charge in [-0.25, -0.2) is 9.07 Å². The number of nitrogens with one attached hydrogen (secondary N) is 1. The second kappa shape index (κ2) is 8.60. The van der Waals surface area contributed by atoms with Crippen molar-refractivity contribution >= 4 is 27.9 Å². The minimum absolute atomic E-state index is 0.138. The van der Waals surface area contributed by atoms with Gasteiger partial charge in [-0.3, -0.25) is 4.79 Å². The number of piperidine rings is 1.